The summed E-state index contributed by atoms with van der Waals surface area (Å²) in [4.78, 5) is 27.0. The average Bonchev–Trinajstić information content (AvgIpc) is 3.26. The summed E-state index contributed by atoms with van der Waals surface area (Å²) in [6, 6.07) is 15.9. The number of Topliss-reactive ketones (excluding diaryl/α,β-unsaturated/α-hetero) is 1. The van der Waals surface area contributed by atoms with Gasteiger partial charge in [0.1, 0.15) is 0 Å². The van der Waals surface area contributed by atoms with Crippen LogP contribution >= 0.6 is 11.3 Å². The Kier molecular flexibility index (Phi) is 6.77. The third-order valence-corrected chi connectivity index (χ3v) is 6.67. The standard InChI is InChI=1S/C25H27N3O2S/c1-18(22-17-31-24-8-4-3-7-21(22)24)26-27-25(30)14-13-23(29)19-9-11-20(12-10-19)28-15-5-2-6-16-28/h3-4,7-12,17H,2,5-6,13-16H2,1H3,(H,27,30)/b26-18+. The van der Waals surface area contributed by atoms with Gasteiger partial charge in [-0.1, -0.05) is 18.2 Å². The molecule has 1 aliphatic rings. The number of hydrogen-bond acceptors (Lipinski definition) is 5. The molecule has 0 unspecified atom stereocenters. The fourth-order valence-corrected chi connectivity index (χ4v) is 4.91. The van der Waals surface area contributed by atoms with Crippen molar-refractivity contribution in [1.82, 2.24) is 5.43 Å². The number of benzene rings is 2. The minimum Gasteiger partial charge on any atom is -0.372 e. The van der Waals surface area contributed by atoms with E-state index in [-0.39, 0.29) is 24.5 Å². The Balaban J connectivity index is 1.29. The van der Waals surface area contributed by atoms with E-state index in [1.165, 1.54) is 29.6 Å². The minimum atomic E-state index is -0.253. The molecule has 1 saturated heterocycles. The van der Waals surface area contributed by atoms with Crippen molar-refractivity contribution in [3.8, 4) is 0 Å². The Bertz CT molecular complexity index is 1100. The lowest BCUT2D eigenvalue weighted by Crippen LogP contribution is -2.29. The zero-order valence-corrected chi connectivity index (χ0v) is 18.6. The molecule has 6 heteroatoms. The van der Waals surface area contributed by atoms with Crippen LogP contribution in [0.1, 0.15) is 54.9 Å². The number of fused-ring (bicyclic) bond motifs is 1. The second kappa shape index (κ2) is 9.88. The normalized spacial score (nSPS) is 14.6. The van der Waals surface area contributed by atoms with Gasteiger partial charge in [0.05, 0.1) is 5.71 Å². The fraction of sp³-hybridized carbons (Fsp3) is 0.320. The highest BCUT2D eigenvalue weighted by molar-refractivity contribution is 7.17. The molecular formula is C25H27N3O2S. The van der Waals surface area contributed by atoms with Gasteiger partial charge in [-0.25, -0.2) is 5.43 Å². The predicted octanol–water partition coefficient (Wildman–Crippen LogP) is 5.39. The number of nitrogens with zero attached hydrogens (tertiary/aromatic N) is 2. The molecule has 1 amide bonds. The molecular weight excluding hydrogens is 406 g/mol. The van der Waals surface area contributed by atoms with E-state index in [9.17, 15) is 9.59 Å². The summed E-state index contributed by atoms with van der Waals surface area (Å²) >= 11 is 1.66. The largest absolute Gasteiger partial charge is 0.372 e. The molecule has 0 atom stereocenters. The van der Waals surface area contributed by atoms with Crippen LogP contribution < -0.4 is 10.3 Å². The molecule has 1 aromatic heterocycles. The number of carbonyl (C=O) groups excluding carboxylic acids is 2. The van der Waals surface area contributed by atoms with E-state index in [0.717, 1.165) is 29.8 Å². The molecule has 160 valence electrons. The van der Waals surface area contributed by atoms with Crippen LogP contribution in [0.5, 0.6) is 0 Å². The van der Waals surface area contributed by atoms with Crippen molar-refractivity contribution in [1.29, 1.82) is 0 Å². The lowest BCUT2D eigenvalue weighted by Gasteiger charge is -2.28. The number of nitrogens with one attached hydrogen (secondary N) is 1. The van der Waals surface area contributed by atoms with Gasteiger partial charge in [0.2, 0.25) is 5.91 Å². The Morgan fingerprint density at radius 1 is 1.00 bits per heavy atom. The van der Waals surface area contributed by atoms with Crippen molar-refractivity contribution in [2.24, 2.45) is 5.10 Å². The molecule has 0 radical (unpaired) electrons. The number of anilines is 1. The van der Waals surface area contributed by atoms with Crippen molar-refractivity contribution in [2.45, 2.75) is 39.0 Å². The van der Waals surface area contributed by atoms with Gasteiger partial charge in [0.25, 0.3) is 0 Å². The fourth-order valence-electron chi connectivity index (χ4n) is 3.90. The van der Waals surface area contributed by atoms with E-state index in [1.807, 2.05) is 48.7 Å². The molecule has 4 rings (SSSR count). The van der Waals surface area contributed by atoms with Gasteiger partial charge >= 0.3 is 0 Å². The molecule has 3 aromatic rings. The Morgan fingerprint density at radius 3 is 2.52 bits per heavy atom. The molecule has 0 saturated carbocycles. The zero-order chi connectivity index (χ0) is 21.6. The SMILES string of the molecule is C/C(=N\NC(=O)CCC(=O)c1ccc(N2CCCCC2)cc1)c1csc2ccccc12. The van der Waals surface area contributed by atoms with E-state index in [2.05, 4.69) is 27.6 Å². The molecule has 1 fully saturated rings. The number of piperidine rings is 1. The number of carbonyl (C=O) groups is 2. The highest BCUT2D eigenvalue weighted by atomic mass is 32.1. The summed E-state index contributed by atoms with van der Waals surface area (Å²) in [6.07, 6.45) is 4.03. The summed E-state index contributed by atoms with van der Waals surface area (Å²) < 4.78 is 1.19. The Morgan fingerprint density at radius 2 is 1.74 bits per heavy atom. The van der Waals surface area contributed by atoms with Gasteiger partial charge in [-0.15, -0.1) is 11.3 Å². The van der Waals surface area contributed by atoms with E-state index in [1.54, 1.807) is 11.3 Å². The van der Waals surface area contributed by atoms with E-state index in [0.29, 0.717) is 5.56 Å². The number of hydrogen-bond donors (Lipinski definition) is 1. The number of rotatable bonds is 7. The second-order valence-electron chi connectivity index (χ2n) is 7.90. The van der Waals surface area contributed by atoms with Gasteiger partial charge in [0, 0.05) is 58.2 Å². The monoisotopic (exact) mass is 433 g/mol. The highest BCUT2D eigenvalue weighted by Gasteiger charge is 2.13. The topological polar surface area (TPSA) is 61.8 Å². The van der Waals surface area contributed by atoms with Crippen LogP contribution in [0.2, 0.25) is 0 Å². The molecule has 1 aliphatic heterocycles. The lowest BCUT2D eigenvalue weighted by molar-refractivity contribution is -0.121. The minimum absolute atomic E-state index is 0.0233. The van der Waals surface area contributed by atoms with E-state index in [4.69, 9.17) is 0 Å². The quantitative estimate of drug-likeness (QED) is 0.308. The summed E-state index contributed by atoms with van der Waals surface area (Å²) in [6.45, 7) is 4.03. The van der Waals surface area contributed by atoms with Crippen molar-refractivity contribution in [2.75, 3.05) is 18.0 Å². The molecule has 5 nitrogen and oxygen atoms in total. The molecule has 2 aromatic carbocycles. The third-order valence-electron chi connectivity index (χ3n) is 5.71. The second-order valence-corrected chi connectivity index (χ2v) is 8.81. The van der Waals surface area contributed by atoms with Crippen molar-refractivity contribution >= 4 is 44.5 Å². The van der Waals surface area contributed by atoms with Crippen molar-refractivity contribution in [3.63, 3.8) is 0 Å². The van der Waals surface area contributed by atoms with Gasteiger partial charge in [0.15, 0.2) is 5.78 Å². The molecule has 0 spiro atoms. The molecule has 0 aliphatic carbocycles. The number of amides is 1. The van der Waals surface area contributed by atoms with Crippen LogP contribution in [0.4, 0.5) is 5.69 Å². The molecule has 1 N–H and O–H groups in total. The first-order chi connectivity index (χ1) is 15.1. The number of thiophene rings is 1. The van der Waals surface area contributed by atoms with Gasteiger partial charge in [-0.3, -0.25) is 9.59 Å². The predicted molar refractivity (Wildman–Crippen MR) is 128 cm³/mol. The van der Waals surface area contributed by atoms with Crippen LogP contribution in [-0.2, 0) is 4.79 Å². The van der Waals surface area contributed by atoms with E-state index >= 15 is 0 Å². The smallest absolute Gasteiger partial charge is 0.240 e. The van der Waals surface area contributed by atoms with Crippen LogP contribution in [0.25, 0.3) is 10.1 Å². The van der Waals surface area contributed by atoms with E-state index < -0.39 is 0 Å². The summed E-state index contributed by atoms with van der Waals surface area (Å²) in [7, 11) is 0. The Labute approximate surface area is 186 Å². The maximum absolute atomic E-state index is 12.5. The first kappa shape index (κ1) is 21.2. The zero-order valence-electron chi connectivity index (χ0n) is 17.8. The average molecular weight is 434 g/mol. The van der Waals surface area contributed by atoms with Crippen molar-refractivity contribution in [3.05, 3.63) is 65.0 Å². The number of hydrazone groups is 1. The van der Waals surface area contributed by atoms with Gasteiger partial charge < -0.3 is 4.90 Å². The van der Waals surface area contributed by atoms with Gasteiger partial charge in [-0.2, -0.15) is 5.10 Å². The van der Waals surface area contributed by atoms with Crippen LogP contribution in [0.15, 0.2) is 59.0 Å². The van der Waals surface area contributed by atoms with Crippen molar-refractivity contribution < 1.29 is 9.59 Å². The Hall–Kier alpha value is -2.99. The summed E-state index contributed by atoms with van der Waals surface area (Å²) in [5.41, 5.74) is 6.18. The van der Waals surface area contributed by atoms with Crippen LogP contribution in [0, 0.1) is 0 Å². The molecule has 2 heterocycles. The van der Waals surface area contributed by atoms with Crippen LogP contribution in [-0.4, -0.2) is 30.5 Å². The summed E-state index contributed by atoms with van der Waals surface area (Å²) in [5.74, 6) is -0.276. The van der Waals surface area contributed by atoms with Crippen LogP contribution in [0.3, 0.4) is 0 Å². The number of ketones is 1. The molecule has 0 bridgehead atoms. The lowest BCUT2D eigenvalue weighted by atomic mass is 10.0. The molecule has 31 heavy (non-hydrogen) atoms. The maximum Gasteiger partial charge on any atom is 0.240 e. The first-order valence-electron chi connectivity index (χ1n) is 10.8. The highest BCUT2D eigenvalue weighted by Crippen LogP contribution is 2.26. The van der Waals surface area contributed by atoms with Gasteiger partial charge in [-0.05, 0) is 56.5 Å². The summed E-state index contributed by atoms with van der Waals surface area (Å²) in [5, 5.41) is 7.42. The first-order valence-corrected chi connectivity index (χ1v) is 11.7. The maximum atomic E-state index is 12.5. The third kappa shape index (κ3) is 5.20.